The molecule has 16 heavy (non-hydrogen) atoms. The molecule has 0 saturated heterocycles. The van der Waals surface area contributed by atoms with Crippen molar-refractivity contribution in [3.8, 4) is 5.75 Å². The Kier molecular flexibility index (Phi) is 3.97. The Labute approximate surface area is 98.0 Å². The average molecular weight is 225 g/mol. The first kappa shape index (κ1) is 13.0. The van der Waals surface area contributed by atoms with Gasteiger partial charge in [0.05, 0.1) is 5.69 Å². The van der Waals surface area contributed by atoms with E-state index in [1.54, 1.807) is 0 Å². The number of nitrogens with one attached hydrogen (secondary N) is 1. The molecular weight excluding hydrogens is 202 g/mol. The third kappa shape index (κ3) is 3.52. The smallest absolute Gasteiger partial charge is 0.163 e. The SMILES string of the molecule is Cc1nn(C)c(C)c1OCCNC(C)(C)C. The van der Waals surface area contributed by atoms with Crippen LogP contribution in [0.25, 0.3) is 0 Å². The Morgan fingerprint density at radius 3 is 2.38 bits per heavy atom. The summed E-state index contributed by atoms with van der Waals surface area (Å²) in [4.78, 5) is 0. The van der Waals surface area contributed by atoms with Gasteiger partial charge < -0.3 is 10.1 Å². The first-order valence-corrected chi connectivity index (χ1v) is 5.69. The first-order chi connectivity index (χ1) is 7.31. The van der Waals surface area contributed by atoms with E-state index in [9.17, 15) is 0 Å². The zero-order valence-electron chi connectivity index (χ0n) is 11.2. The van der Waals surface area contributed by atoms with E-state index in [1.807, 2.05) is 25.6 Å². The van der Waals surface area contributed by atoms with Gasteiger partial charge in [0, 0.05) is 19.1 Å². The third-order valence-corrected chi connectivity index (χ3v) is 2.45. The monoisotopic (exact) mass is 225 g/mol. The molecule has 1 rings (SSSR count). The van der Waals surface area contributed by atoms with Crippen molar-refractivity contribution in [3.05, 3.63) is 11.4 Å². The lowest BCUT2D eigenvalue weighted by Gasteiger charge is -2.20. The molecule has 0 aliphatic rings. The van der Waals surface area contributed by atoms with Gasteiger partial charge in [0.15, 0.2) is 5.75 Å². The van der Waals surface area contributed by atoms with Crippen molar-refractivity contribution in [3.63, 3.8) is 0 Å². The predicted molar refractivity (Wildman–Crippen MR) is 65.9 cm³/mol. The Bertz CT molecular complexity index is 350. The van der Waals surface area contributed by atoms with E-state index in [-0.39, 0.29) is 5.54 Å². The number of ether oxygens (including phenoxy) is 1. The van der Waals surface area contributed by atoms with Gasteiger partial charge in [0.2, 0.25) is 0 Å². The summed E-state index contributed by atoms with van der Waals surface area (Å²) in [5.41, 5.74) is 2.17. The summed E-state index contributed by atoms with van der Waals surface area (Å²) < 4.78 is 7.59. The maximum absolute atomic E-state index is 5.74. The predicted octanol–water partition coefficient (Wildman–Crippen LogP) is 1.80. The standard InChI is InChI=1S/C12H23N3O/c1-9-11(10(2)15(6)14-9)16-8-7-13-12(3,4)5/h13H,7-8H2,1-6H3. The van der Waals surface area contributed by atoms with Gasteiger partial charge in [-0.2, -0.15) is 5.10 Å². The lowest BCUT2D eigenvalue weighted by molar-refractivity contribution is 0.287. The average Bonchev–Trinajstić information content (AvgIpc) is 2.36. The van der Waals surface area contributed by atoms with E-state index in [1.165, 1.54) is 0 Å². The second kappa shape index (κ2) is 4.87. The molecular formula is C12H23N3O. The van der Waals surface area contributed by atoms with Gasteiger partial charge in [-0.15, -0.1) is 0 Å². The highest BCUT2D eigenvalue weighted by Gasteiger charge is 2.11. The Morgan fingerprint density at radius 1 is 1.31 bits per heavy atom. The molecule has 0 bridgehead atoms. The van der Waals surface area contributed by atoms with Crippen molar-refractivity contribution in [2.75, 3.05) is 13.2 Å². The summed E-state index contributed by atoms with van der Waals surface area (Å²) in [5.74, 6) is 0.915. The normalized spacial score (nSPS) is 11.9. The maximum Gasteiger partial charge on any atom is 0.163 e. The van der Waals surface area contributed by atoms with Gasteiger partial charge in [-0.25, -0.2) is 0 Å². The summed E-state index contributed by atoms with van der Waals surface area (Å²) >= 11 is 0. The Balaban J connectivity index is 2.43. The molecule has 1 N–H and O–H groups in total. The fourth-order valence-electron chi connectivity index (χ4n) is 1.54. The van der Waals surface area contributed by atoms with Crippen LogP contribution in [0, 0.1) is 13.8 Å². The second-order valence-corrected chi connectivity index (χ2v) is 5.15. The van der Waals surface area contributed by atoms with Crippen molar-refractivity contribution in [1.82, 2.24) is 15.1 Å². The van der Waals surface area contributed by atoms with Crippen molar-refractivity contribution < 1.29 is 4.74 Å². The summed E-state index contributed by atoms with van der Waals surface area (Å²) in [5, 5.41) is 7.69. The largest absolute Gasteiger partial charge is 0.488 e. The van der Waals surface area contributed by atoms with Gasteiger partial charge >= 0.3 is 0 Å². The van der Waals surface area contributed by atoms with Crippen LogP contribution in [0.15, 0.2) is 0 Å². The second-order valence-electron chi connectivity index (χ2n) is 5.15. The molecule has 92 valence electrons. The van der Waals surface area contributed by atoms with Crippen molar-refractivity contribution in [1.29, 1.82) is 0 Å². The minimum Gasteiger partial charge on any atom is -0.488 e. The minimum absolute atomic E-state index is 0.141. The fraction of sp³-hybridized carbons (Fsp3) is 0.750. The van der Waals surface area contributed by atoms with Crippen LogP contribution in [0.3, 0.4) is 0 Å². The molecule has 0 saturated carbocycles. The van der Waals surface area contributed by atoms with E-state index in [0.29, 0.717) is 6.61 Å². The summed E-state index contributed by atoms with van der Waals surface area (Å²) in [6.07, 6.45) is 0. The Morgan fingerprint density at radius 2 is 1.94 bits per heavy atom. The van der Waals surface area contributed by atoms with Gasteiger partial charge in [-0.05, 0) is 34.6 Å². The molecule has 1 aromatic rings. The highest BCUT2D eigenvalue weighted by Crippen LogP contribution is 2.20. The van der Waals surface area contributed by atoms with Crippen LogP contribution in [0.5, 0.6) is 5.75 Å². The molecule has 0 radical (unpaired) electrons. The molecule has 0 atom stereocenters. The van der Waals surface area contributed by atoms with Crippen molar-refractivity contribution >= 4 is 0 Å². The molecule has 0 aliphatic heterocycles. The van der Waals surface area contributed by atoms with E-state index in [2.05, 4.69) is 31.2 Å². The van der Waals surface area contributed by atoms with Crippen LogP contribution in [0.2, 0.25) is 0 Å². The lowest BCUT2D eigenvalue weighted by Crippen LogP contribution is -2.38. The number of nitrogens with zero attached hydrogens (tertiary/aromatic N) is 2. The Hall–Kier alpha value is -1.03. The van der Waals surface area contributed by atoms with Gasteiger partial charge in [-0.3, -0.25) is 4.68 Å². The van der Waals surface area contributed by atoms with Crippen LogP contribution < -0.4 is 10.1 Å². The van der Waals surface area contributed by atoms with Gasteiger partial charge in [0.25, 0.3) is 0 Å². The van der Waals surface area contributed by atoms with Crippen LogP contribution in [-0.2, 0) is 7.05 Å². The van der Waals surface area contributed by atoms with E-state index < -0.39 is 0 Å². The number of hydrogen-bond acceptors (Lipinski definition) is 3. The van der Waals surface area contributed by atoms with Crippen LogP contribution in [0.4, 0.5) is 0 Å². The molecule has 0 aromatic carbocycles. The van der Waals surface area contributed by atoms with Gasteiger partial charge in [-0.1, -0.05) is 0 Å². The minimum atomic E-state index is 0.141. The molecule has 4 heteroatoms. The van der Waals surface area contributed by atoms with Crippen molar-refractivity contribution in [2.45, 2.75) is 40.2 Å². The molecule has 1 heterocycles. The number of aromatic nitrogens is 2. The topological polar surface area (TPSA) is 39.1 Å². The van der Waals surface area contributed by atoms with Crippen LogP contribution in [0.1, 0.15) is 32.2 Å². The highest BCUT2D eigenvalue weighted by atomic mass is 16.5. The van der Waals surface area contributed by atoms with Crippen LogP contribution >= 0.6 is 0 Å². The third-order valence-electron chi connectivity index (χ3n) is 2.45. The van der Waals surface area contributed by atoms with E-state index in [0.717, 1.165) is 23.7 Å². The molecule has 4 nitrogen and oxygen atoms in total. The summed E-state index contributed by atoms with van der Waals surface area (Å²) in [6.45, 7) is 11.9. The molecule has 0 fully saturated rings. The number of rotatable bonds is 4. The fourth-order valence-corrected chi connectivity index (χ4v) is 1.54. The van der Waals surface area contributed by atoms with Crippen molar-refractivity contribution in [2.24, 2.45) is 7.05 Å². The molecule has 0 amide bonds. The lowest BCUT2D eigenvalue weighted by atomic mass is 10.1. The molecule has 0 spiro atoms. The summed E-state index contributed by atoms with van der Waals surface area (Å²) in [7, 11) is 1.93. The molecule has 0 unspecified atom stereocenters. The highest BCUT2D eigenvalue weighted by molar-refractivity contribution is 5.31. The van der Waals surface area contributed by atoms with Crippen LogP contribution in [-0.4, -0.2) is 28.5 Å². The molecule has 0 aliphatic carbocycles. The van der Waals surface area contributed by atoms with Gasteiger partial charge in [0.1, 0.15) is 12.3 Å². The first-order valence-electron chi connectivity index (χ1n) is 5.69. The maximum atomic E-state index is 5.74. The number of aryl methyl sites for hydroxylation is 2. The zero-order chi connectivity index (χ0) is 12.3. The quantitative estimate of drug-likeness (QED) is 0.794. The number of hydrogen-bond donors (Lipinski definition) is 1. The molecule has 1 aromatic heterocycles. The van der Waals surface area contributed by atoms with E-state index in [4.69, 9.17) is 4.74 Å². The summed E-state index contributed by atoms with van der Waals surface area (Å²) in [6, 6.07) is 0. The van der Waals surface area contributed by atoms with E-state index >= 15 is 0 Å². The zero-order valence-corrected chi connectivity index (χ0v) is 11.2.